The summed E-state index contributed by atoms with van der Waals surface area (Å²) in [7, 11) is 0. The zero-order valence-electron chi connectivity index (χ0n) is 9.86. The first-order valence-electron chi connectivity index (χ1n) is 5.78. The summed E-state index contributed by atoms with van der Waals surface area (Å²) in [6.45, 7) is 2.46. The van der Waals surface area contributed by atoms with Crippen molar-refractivity contribution >= 4 is 0 Å². The first-order chi connectivity index (χ1) is 8.27. The molecule has 0 atom stereocenters. The van der Waals surface area contributed by atoms with E-state index in [4.69, 9.17) is 5.73 Å². The van der Waals surface area contributed by atoms with E-state index < -0.39 is 0 Å². The largest absolute Gasteiger partial charge is 0.330 e. The number of rotatable bonds is 4. The maximum Gasteiger partial charge on any atom is 0.128 e. The fraction of sp³-hybridized carbons (Fsp3) is 0.308. The summed E-state index contributed by atoms with van der Waals surface area (Å²) < 4.78 is 15.7. The zero-order valence-corrected chi connectivity index (χ0v) is 9.86. The summed E-state index contributed by atoms with van der Waals surface area (Å²) in [6, 6.07) is 5.08. The minimum atomic E-state index is -0.205. The Kier molecular flexibility index (Phi) is 3.54. The molecule has 17 heavy (non-hydrogen) atoms. The zero-order chi connectivity index (χ0) is 12.3. The van der Waals surface area contributed by atoms with Gasteiger partial charge in [-0.1, -0.05) is 13.0 Å². The van der Waals surface area contributed by atoms with Crippen LogP contribution < -0.4 is 5.73 Å². The van der Waals surface area contributed by atoms with Gasteiger partial charge in [-0.2, -0.15) is 0 Å². The molecule has 0 unspecified atom stereocenters. The maximum absolute atomic E-state index is 13.8. The van der Waals surface area contributed by atoms with Crippen LogP contribution in [-0.4, -0.2) is 16.1 Å². The molecule has 4 heteroatoms. The molecule has 0 fully saturated rings. The molecule has 2 rings (SSSR count). The van der Waals surface area contributed by atoms with Gasteiger partial charge in [-0.05, 0) is 25.1 Å². The highest BCUT2D eigenvalue weighted by Crippen LogP contribution is 2.20. The van der Waals surface area contributed by atoms with Crippen molar-refractivity contribution in [3.63, 3.8) is 0 Å². The number of aromatic nitrogens is 2. The van der Waals surface area contributed by atoms with Crippen molar-refractivity contribution in [2.45, 2.75) is 19.8 Å². The maximum atomic E-state index is 13.8. The Balaban J connectivity index is 2.55. The quantitative estimate of drug-likeness (QED) is 0.878. The van der Waals surface area contributed by atoms with E-state index in [9.17, 15) is 4.39 Å². The lowest BCUT2D eigenvalue weighted by molar-refractivity contribution is 0.607. The third kappa shape index (κ3) is 2.22. The molecule has 1 aromatic carbocycles. The summed E-state index contributed by atoms with van der Waals surface area (Å²) in [5.41, 5.74) is 7.02. The lowest BCUT2D eigenvalue weighted by Gasteiger charge is -2.12. The molecule has 3 nitrogen and oxygen atoms in total. The molecule has 0 bridgehead atoms. The molecular formula is C13H16FN3. The highest BCUT2D eigenvalue weighted by molar-refractivity contribution is 5.43. The van der Waals surface area contributed by atoms with E-state index in [1.54, 1.807) is 12.3 Å². The van der Waals surface area contributed by atoms with Crippen LogP contribution in [0.15, 0.2) is 30.6 Å². The van der Waals surface area contributed by atoms with Gasteiger partial charge >= 0.3 is 0 Å². The molecular weight excluding hydrogens is 217 g/mol. The molecule has 0 aliphatic carbocycles. The smallest absolute Gasteiger partial charge is 0.128 e. The van der Waals surface area contributed by atoms with Crippen molar-refractivity contribution in [3.05, 3.63) is 47.8 Å². The number of hydrogen-bond donors (Lipinski definition) is 1. The van der Waals surface area contributed by atoms with E-state index in [1.807, 2.05) is 23.8 Å². The molecule has 0 aliphatic rings. The van der Waals surface area contributed by atoms with Gasteiger partial charge < -0.3 is 10.3 Å². The number of nitrogens with zero attached hydrogens (tertiary/aromatic N) is 2. The number of halogens is 1. The number of aryl methyl sites for hydroxylation is 1. The van der Waals surface area contributed by atoms with Crippen LogP contribution >= 0.6 is 0 Å². The van der Waals surface area contributed by atoms with Crippen molar-refractivity contribution in [3.8, 4) is 5.69 Å². The Morgan fingerprint density at radius 2 is 2.24 bits per heavy atom. The molecule has 0 amide bonds. The molecule has 0 spiro atoms. The topological polar surface area (TPSA) is 43.8 Å². The van der Waals surface area contributed by atoms with Gasteiger partial charge in [0, 0.05) is 24.4 Å². The SMILES string of the molecule is CCc1nccn1-c1cccc(F)c1CCN. The summed E-state index contributed by atoms with van der Waals surface area (Å²) in [5.74, 6) is 0.720. The Labute approximate surface area is 100 Å². The lowest BCUT2D eigenvalue weighted by Crippen LogP contribution is -2.10. The van der Waals surface area contributed by atoms with Crippen LogP contribution in [0.1, 0.15) is 18.3 Å². The first-order valence-corrected chi connectivity index (χ1v) is 5.78. The number of imidazole rings is 1. The summed E-state index contributed by atoms with van der Waals surface area (Å²) in [4.78, 5) is 4.25. The van der Waals surface area contributed by atoms with Gasteiger partial charge in [-0.3, -0.25) is 0 Å². The highest BCUT2D eigenvalue weighted by Gasteiger charge is 2.11. The average molecular weight is 233 g/mol. The number of nitrogens with two attached hydrogens (primary N) is 1. The second-order valence-corrected chi connectivity index (χ2v) is 3.84. The van der Waals surface area contributed by atoms with Gasteiger partial charge in [-0.15, -0.1) is 0 Å². The van der Waals surface area contributed by atoms with Crippen molar-refractivity contribution in [2.24, 2.45) is 5.73 Å². The van der Waals surface area contributed by atoms with Crippen LogP contribution in [0.3, 0.4) is 0 Å². The number of hydrogen-bond acceptors (Lipinski definition) is 2. The highest BCUT2D eigenvalue weighted by atomic mass is 19.1. The van der Waals surface area contributed by atoms with Crippen molar-refractivity contribution < 1.29 is 4.39 Å². The molecule has 0 radical (unpaired) electrons. The third-order valence-electron chi connectivity index (χ3n) is 2.78. The fourth-order valence-electron chi connectivity index (χ4n) is 1.98. The molecule has 0 aliphatic heterocycles. The molecule has 2 aromatic rings. The molecule has 1 heterocycles. The Hall–Kier alpha value is -1.68. The van der Waals surface area contributed by atoms with Crippen molar-refractivity contribution in [2.75, 3.05) is 6.54 Å². The van der Waals surface area contributed by atoms with E-state index in [2.05, 4.69) is 4.98 Å². The lowest BCUT2D eigenvalue weighted by atomic mass is 10.1. The van der Waals surface area contributed by atoms with Gasteiger partial charge in [0.2, 0.25) is 0 Å². The predicted molar refractivity (Wildman–Crippen MR) is 65.7 cm³/mol. The Bertz CT molecular complexity index is 505. The van der Waals surface area contributed by atoms with Crippen LogP contribution in [0.25, 0.3) is 5.69 Å². The van der Waals surface area contributed by atoms with E-state index in [0.717, 1.165) is 17.9 Å². The van der Waals surface area contributed by atoms with Gasteiger partial charge in [0.15, 0.2) is 0 Å². The summed E-state index contributed by atoms with van der Waals surface area (Å²) in [6.07, 6.45) is 4.93. The van der Waals surface area contributed by atoms with Crippen LogP contribution in [-0.2, 0) is 12.8 Å². The first kappa shape index (κ1) is 11.8. The van der Waals surface area contributed by atoms with Gasteiger partial charge in [-0.25, -0.2) is 9.37 Å². The summed E-state index contributed by atoms with van der Waals surface area (Å²) in [5, 5.41) is 0. The minimum Gasteiger partial charge on any atom is -0.330 e. The molecule has 90 valence electrons. The van der Waals surface area contributed by atoms with Gasteiger partial charge in [0.1, 0.15) is 11.6 Å². The van der Waals surface area contributed by atoms with Crippen molar-refractivity contribution in [1.29, 1.82) is 0 Å². The number of benzene rings is 1. The molecule has 1 aromatic heterocycles. The molecule has 0 saturated heterocycles. The minimum absolute atomic E-state index is 0.205. The third-order valence-corrected chi connectivity index (χ3v) is 2.78. The van der Waals surface area contributed by atoms with E-state index in [0.29, 0.717) is 18.5 Å². The van der Waals surface area contributed by atoms with Crippen LogP contribution in [0, 0.1) is 5.82 Å². The second-order valence-electron chi connectivity index (χ2n) is 3.84. The average Bonchev–Trinajstić information content (AvgIpc) is 2.80. The Morgan fingerprint density at radius 1 is 1.41 bits per heavy atom. The standard InChI is InChI=1S/C13H16FN3/c1-2-13-16-8-9-17(13)12-5-3-4-11(14)10(12)6-7-15/h3-5,8-9H,2,6-7,15H2,1H3. The van der Waals surface area contributed by atoms with E-state index in [-0.39, 0.29) is 5.82 Å². The monoisotopic (exact) mass is 233 g/mol. The fourth-order valence-corrected chi connectivity index (χ4v) is 1.98. The summed E-state index contributed by atoms with van der Waals surface area (Å²) >= 11 is 0. The van der Waals surface area contributed by atoms with Crippen molar-refractivity contribution in [1.82, 2.24) is 9.55 Å². The van der Waals surface area contributed by atoms with Gasteiger partial charge in [0.25, 0.3) is 0 Å². The van der Waals surface area contributed by atoms with Crippen LogP contribution in [0.4, 0.5) is 4.39 Å². The van der Waals surface area contributed by atoms with E-state index in [1.165, 1.54) is 6.07 Å². The second kappa shape index (κ2) is 5.10. The Morgan fingerprint density at radius 3 is 2.94 bits per heavy atom. The van der Waals surface area contributed by atoms with E-state index >= 15 is 0 Å². The van der Waals surface area contributed by atoms with Crippen LogP contribution in [0.5, 0.6) is 0 Å². The predicted octanol–water partition coefficient (Wildman–Crippen LogP) is 2.08. The normalized spacial score (nSPS) is 10.8. The molecule has 0 saturated carbocycles. The molecule has 2 N–H and O–H groups in total. The van der Waals surface area contributed by atoms with Gasteiger partial charge in [0.05, 0.1) is 5.69 Å². The van der Waals surface area contributed by atoms with Crippen LogP contribution in [0.2, 0.25) is 0 Å².